The fourth-order valence-electron chi connectivity index (χ4n) is 1.92. The Balaban J connectivity index is 2.80. The second kappa shape index (κ2) is 8.36. The number of amides is 1. The summed E-state index contributed by atoms with van der Waals surface area (Å²) < 4.78 is 15.9. The molecular weight excluding hydrogens is 272 g/mol. The summed E-state index contributed by atoms with van der Waals surface area (Å²) in [6.07, 6.45) is 0.597. The minimum Gasteiger partial charge on any atom is -0.496 e. The highest BCUT2D eigenvalue weighted by molar-refractivity contribution is 5.78. The van der Waals surface area contributed by atoms with E-state index in [0.29, 0.717) is 36.8 Å². The van der Waals surface area contributed by atoms with Gasteiger partial charge in [-0.05, 0) is 6.42 Å². The van der Waals surface area contributed by atoms with Crippen LogP contribution in [-0.4, -0.2) is 40.3 Å². The number of nitrogens with two attached hydrogens (primary N) is 1. The van der Waals surface area contributed by atoms with E-state index in [4.69, 9.17) is 19.9 Å². The SMILES string of the molecule is COc1cc(OC)c(CCNC(=O)C(C)CN)c(OC)c1. The molecule has 0 aromatic heterocycles. The van der Waals surface area contributed by atoms with Crippen LogP contribution < -0.4 is 25.3 Å². The molecule has 0 bridgehead atoms. The maximum absolute atomic E-state index is 11.7. The first-order chi connectivity index (χ1) is 10.1. The average molecular weight is 296 g/mol. The second-order valence-electron chi connectivity index (χ2n) is 4.69. The lowest BCUT2D eigenvalue weighted by atomic mass is 10.1. The van der Waals surface area contributed by atoms with Gasteiger partial charge in [-0.2, -0.15) is 0 Å². The summed E-state index contributed by atoms with van der Waals surface area (Å²) in [7, 11) is 4.77. The first-order valence-electron chi connectivity index (χ1n) is 6.84. The van der Waals surface area contributed by atoms with E-state index in [9.17, 15) is 4.79 Å². The van der Waals surface area contributed by atoms with Crippen molar-refractivity contribution < 1.29 is 19.0 Å². The number of benzene rings is 1. The zero-order valence-electron chi connectivity index (χ0n) is 13.1. The molecule has 1 rings (SSSR count). The number of carbonyl (C=O) groups is 1. The Morgan fingerprint density at radius 1 is 1.19 bits per heavy atom. The molecule has 1 atom stereocenters. The molecule has 0 aliphatic rings. The van der Waals surface area contributed by atoms with E-state index in [1.807, 2.05) is 0 Å². The highest BCUT2D eigenvalue weighted by Gasteiger charge is 2.14. The number of hydrogen-bond donors (Lipinski definition) is 2. The van der Waals surface area contributed by atoms with Crippen molar-refractivity contribution in [3.63, 3.8) is 0 Å². The zero-order valence-corrected chi connectivity index (χ0v) is 13.1. The molecule has 6 nitrogen and oxygen atoms in total. The van der Waals surface area contributed by atoms with Gasteiger partial charge in [0, 0.05) is 36.7 Å². The molecule has 0 saturated carbocycles. The maximum Gasteiger partial charge on any atom is 0.224 e. The molecular formula is C15H24N2O4. The monoisotopic (exact) mass is 296 g/mol. The molecule has 0 radical (unpaired) electrons. The largest absolute Gasteiger partial charge is 0.496 e. The van der Waals surface area contributed by atoms with Crippen molar-refractivity contribution >= 4 is 5.91 Å². The van der Waals surface area contributed by atoms with Gasteiger partial charge in [-0.15, -0.1) is 0 Å². The third-order valence-electron chi connectivity index (χ3n) is 3.29. The van der Waals surface area contributed by atoms with Crippen LogP contribution in [0.25, 0.3) is 0 Å². The smallest absolute Gasteiger partial charge is 0.224 e. The predicted molar refractivity (Wildman–Crippen MR) is 81.0 cm³/mol. The van der Waals surface area contributed by atoms with Crippen LogP contribution >= 0.6 is 0 Å². The van der Waals surface area contributed by atoms with Crippen LogP contribution in [0.4, 0.5) is 0 Å². The molecule has 0 fully saturated rings. The molecule has 3 N–H and O–H groups in total. The summed E-state index contributed by atoms with van der Waals surface area (Å²) in [4.78, 5) is 11.7. The van der Waals surface area contributed by atoms with Crippen LogP contribution in [0.15, 0.2) is 12.1 Å². The predicted octanol–water partition coefficient (Wildman–Crippen LogP) is 0.966. The number of hydrogen-bond acceptors (Lipinski definition) is 5. The second-order valence-corrected chi connectivity index (χ2v) is 4.69. The van der Waals surface area contributed by atoms with E-state index in [2.05, 4.69) is 5.32 Å². The van der Waals surface area contributed by atoms with Crippen LogP contribution in [0.1, 0.15) is 12.5 Å². The first kappa shape index (κ1) is 17.1. The third-order valence-corrected chi connectivity index (χ3v) is 3.29. The molecule has 21 heavy (non-hydrogen) atoms. The quantitative estimate of drug-likeness (QED) is 0.747. The fraction of sp³-hybridized carbons (Fsp3) is 0.533. The van der Waals surface area contributed by atoms with Crippen molar-refractivity contribution in [2.45, 2.75) is 13.3 Å². The Kier molecular flexibility index (Phi) is 6.81. The topological polar surface area (TPSA) is 82.8 Å². The zero-order chi connectivity index (χ0) is 15.8. The molecule has 6 heteroatoms. The first-order valence-corrected chi connectivity index (χ1v) is 6.84. The summed E-state index contributed by atoms with van der Waals surface area (Å²) in [6.45, 7) is 2.62. The van der Waals surface area contributed by atoms with Gasteiger partial charge in [0.25, 0.3) is 0 Å². The Morgan fingerprint density at radius 2 is 1.76 bits per heavy atom. The van der Waals surface area contributed by atoms with Gasteiger partial charge in [-0.3, -0.25) is 4.79 Å². The molecule has 0 heterocycles. The van der Waals surface area contributed by atoms with Gasteiger partial charge in [0.15, 0.2) is 0 Å². The van der Waals surface area contributed by atoms with E-state index < -0.39 is 0 Å². The van der Waals surface area contributed by atoms with Crippen LogP contribution in [-0.2, 0) is 11.2 Å². The van der Waals surface area contributed by atoms with Crippen molar-refractivity contribution in [1.29, 1.82) is 0 Å². The molecule has 1 unspecified atom stereocenters. The molecule has 0 saturated heterocycles. The van der Waals surface area contributed by atoms with E-state index in [0.717, 1.165) is 5.56 Å². The lowest BCUT2D eigenvalue weighted by molar-refractivity contribution is -0.124. The van der Waals surface area contributed by atoms with Crippen molar-refractivity contribution in [2.75, 3.05) is 34.4 Å². The van der Waals surface area contributed by atoms with Crippen molar-refractivity contribution in [2.24, 2.45) is 11.7 Å². The van der Waals surface area contributed by atoms with Gasteiger partial charge in [0.2, 0.25) is 5.91 Å². The molecule has 1 amide bonds. The fourth-order valence-corrected chi connectivity index (χ4v) is 1.92. The van der Waals surface area contributed by atoms with Gasteiger partial charge in [-0.1, -0.05) is 6.92 Å². The summed E-state index contributed by atoms with van der Waals surface area (Å²) in [5.74, 6) is 1.77. The molecule has 0 aliphatic heterocycles. The number of ether oxygens (including phenoxy) is 3. The highest BCUT2D eigenvalue weighted by atomic mass is 16.5. The highest BCUT2D eigenvalue weighted by Crippen LogP contribution is 2.34. The lowest BCUT2D eigenvalue weighted by Crippen LogP contribution is -2.34. The normalized spacial score (nSPS) is 11.7. The van der Waals surface area contributed by atoms with Crippen LogP contribution in [0.3, 0.4) is 0 Å². The molecule has 0 aliphatic carbocycles. The van der Waals surface area contributed by atoms with Crippen LogP contribution in [0.5, 0.6) is 17.2 Å². The van der Waals surface area contributed by atoms with Gasteiger partial charge >= 0.3 is 0 Å². The van der Waals surface area contributed by atoms with Gasteiger partial charge in [0.05, 0.1) is 21.3 Å². The van der Waals surface area contributed by atoms with Crippen molar-refractivity contribution in [3.05, 3.63) is 17.7 Å². The van der Waals surface area contributed by atoms with Crippen LogP contribution in [0.2, 0.25) is 0 Å². The Labute approximate surface area is 125 Å². The molecule has 118 valence electrons. The van der Waals surface area contributed by atoms with E-state index >= 15 is 0 Å². The molecule has 1 aromatic carbocycles. The summed E-state index contributed by atoms with van der Waals surface area (Å²) >= 11 is 0. The number of methoxy groups -OCH3 is 3. The summed E-state index contributed by atoms with van der Waals surface area (Å²) in [6, 6.07) is 3.59. The van der Waals surface area contributed by atoms with E-state index in [1.165, 1.54) is 0 Å². The third kappa shape index (κ3) is 4.53. The van der Waals surface area contributed by atoms with Gasteiger partial charge < -0.3 is 25.3 Å². The van der Waals surface area contributed by atoms with Crippen LogP contribution in [0, 0.1) is 5.92 Å². The summed E-state index contributed by atoms with van der Waals surface area (Å²) in [5, 5.41) is 2.85. The number of rotatable bonds is 8. The average Bonchev–Trinajstić information content (AvgIpc) is 2.53. The van der Waals surface area contributed by atoms with Gasteiger partial charge in [-0.25, -0.2) is 0 Å². The van der Waals surface area contributed by atoms with E-state index in [-0.39, 0.29) is 11.8 Å². The Morgan fingerprint density at radius 3 is 2.19 bits per heavy atom. The van der Waals surface area contributed by atoms with E-state index in [1.54, 1.807) is 40.4 Å². The lowest BCUT2D eigenvalue weighted by Gasteiger charge is -2.16. The summed E-state index contributed by atoms with van der Waals surface area (Å²) in [5.41, 5.74) is 6.35. The molecule has 1 aromatic rings. The standard InChI is InChI=1S/C15H24N2O4/c1-10(9-16)15(18)17-6-5-12-13(20-3)7-11(19-2)8-14(12)21-4/h7-8,10H,5-6,9,16H2,1-4H3,(H,17,18). The number of nitrogens with one attached hydrogen (secondary N) is 1. The maximum atomic E-state index is 11.7. The number of carbonyl (C=O) groups excluding carboxylic acids is 1. The van der Waals surface area contributed by atoms with Gasteiger partial charge in [0.1, 0.15) is 17.2 Å². The Hall–Kier alpha value is -1.95. The molecule has 0 spiro atoms. The van der Waals surface area contributed by atoms with Crippen molar-refractivity contribution in [1.82, 2.24) is 5.32 Å². The minimum absolute atomic E-state index is 0.0519. The van der Waals surface area contributed by atoms with Crippen molar-refractivity contribution in [3.8, 4) is 17.2 Å². The Bertz CT molecular complexity index is 452. The minimum atomic E-state index is -0.190.